The SMILES string of the molecule is CC1C2CC23C(C(N)=O)C13. The van der Waals surface area contributed by atoms with Crippen LogP contribution in [0.2, 0.25) is 0 Å². The Balaban J connectivity index is 1.92. The third-order valence-electron chi connectivity index (χ3n) is 4.06. The van der Waals surface area contributed by atoms with E-state index in [9.17, 15) is 4.79 Å². The largest absolute Gasteiger partial charge is 0.369 e. The molecule has 5 atom stereocenters. The number of amides is 1. The molecule has 3 aliphatic carbocycles. The van der Waals surface area contributed by atoms with E-state index in [4.69, 9.17) is 5.73 Å². The second-order valence-electron chi connectivity index (χ2n) is 4.19. The molecule has 3 rings (SSSR count). The Morgan fingerprint density at radius 3 is 2.60 bits per heavy atom. The summed E-state index contributed by atoms with van der Waals surface area (Å²) in [6, 6.07) is 0. The molecule has 1 amide bonds. The molecule has 2 nitrogen and oxygen atoms in total. The Hall–Kier alpha value is -0.530. The van der Waals surface area contributed by atoms with Gasteiger partial charge in [0.05, 0.1) is 0 Å². The van der Waals surface area contributed by atoms with E-state index in [2.05, 4.69) is 6.92 Å². The summed E-state index contributed by atoms with van der Waals surface area (Å²) in [5.74, 6) is 2.63. The summed E-state index contributed by atoms with van der Waals surface area (Å²) < 4.78 is 0. The van der Waals surface area contributed by atoms with Gasteiger partial charge in [-0.25, -0.2) is 0 Å². The van der Waals surface area contributed by atoms with Crippen molar-refractivity contribution < 1.29 is 4.79 Å². The second kappa shape index (κ2) is 1.03. The molecule has 0 radical (unpaired) electrons. The normalized spacial score (nSPS) is 67.3. The third-order valence-corrected chi connectivity index (χ3v) is 4.06. The molecule has 3 aliphatic rings. The molecule has 0 aromatic carbocycles. The molecule has 3 fully saturated rings. The van der Waals surface area contributed by atoms with E-state index in [1.807, 2.05) is 0 Å². The van der Waals surface area contributed by atoms with E-state index in [0.29, 0.717) is 11.3 Å². The minimum absolute atomic E-state index is 0.0446. The zero-order chi connectivity index (χ0) is 7.09. The Kier molecular flexibility index (Phi) is 0.529. The van der Waals surface area contributed by atoms with Gasteiger partial charge in [-0.1, -0.05) is 6.92 Å². The summed E-state index contributed by atoms with van der Waals surface area (Å²) in [4.78, 5) is 10.8. The average Bonchev–Trinajstić information content (AvgIpc) is 2.70. The van der Waals surface area contributed by atoms with E-state index < -0.39 is 0 Å². The summed E-state index contributed by atoms with van der Waals surface area (Å²) in [6.07, 6.45) is 1.30. The number of carbonyl (C=O) groups excluding carboxylic acids is 1. The van der Waals surface area contributed by atoms with Crippen molar-refractivity contribution >= 4 is 5.91 Å². The van der Waals surface area contributed by atoms with Crippen LogP contribution in [-0.2, 0) is 4.79 Å². The smallest absolute Gasteiger partial charge is 0.221 e. The van der Waals surface area contributed by atoms with E-state index in [1.54, 1.807) is 0 Å². The molecule has 54 valence electrons. The van der Waals surface area contributed by atoms with Crippen molar-refractivity contribution in [1.29, 1.82) is 0 Å². The Morgan fingerprint density at radius 1 is 1.70 bits per heavy atom. The fourth-order valence-corrected chi connectivity index (χ4v) is 3.59. The van der Waals surface area contributed by atoms with Gasteiger partial charge in [0.15, 0.2) is 0 Å². The van der Waals surface area contributed by atoms with Crippen LogP contribution in [0.4, 0.5) is 0 Å². The van der Waals surface area contributed by atoms with E-state index in [0.717, 1.165) is 11.8 Å². The maximum absolute atomic E-state index is 10.8. The number of carbonyl (C=O) groups is 1. The van der Waals surface area contributed by atoms with Crippen molar-refractivity contribution in [3.05, 3.63) is 0 Å². The number of nitrogens with two attached hydrogens (primary N) is 1. The van der Waals surface area contributed by atoms with Crippen molar-refractivity contribution in [2.45, 2.75) is 13.3 Å². The summed E-state index contributed by atoms with van der Waals surface area (Å²) in [6.45, 7) is 2.25. The summed E-state index contributed by atoms with van der Waals surface area (Å²) in [7, 11) is 0. The minimum atomic E-state index is -0.0446. The summed E-state index contributed by atoms with van der Waals surface area (Å²) >= 11 is 0. The number of hydrogen-bond acceptors (Lipinski definition) is 1. The lowest BCUT2D eigenvalue weighted by molar-refractivity contribution is -0.119. The highest BCUT2D eigenvalue weighted by atomic mass is 16.1. The van der Waals surface area contributed by atoms with Gasteiger partial charge in [-0.15, -0.1) is 0 Å². The first kappa shape index (κ1) is 5.16. The van der Waals surface area contributed by atoms with Gasteiger partial charge < -0.3 is 5.73 Å². The first-order valence-corrected chi connectivity index (χ1v) is 3.99. The number of rotatable bonds is 1. The van der Waals surface area contributed by atoms with Crippen molar-refractivity contribution in [2.24, 2.45) is 34.8 Å². The molecule has 1 spiro atoms. The van der Waals surface area contributed by atoms with E-state index in [1.165, 1.54) is 6.42 Å². The topological polar surface area (TPSA) is 43.1 Å². The monoisotopic (exact) mass is 137 g/mol. The Labute approximate surface area is 59.8 Å². The molecular weight excluding hydrogens is 126 g/mol. The van der Waals surface area contributed by atoms with Gasteiger partial charge in [0.2, 0.25) is 5.91 Å². The predicted octanol–water partition coefficient (Wildman–Crippen LogP) is 0.374. The fourth-order valence-electron chi connectivity index (χ4n) is 3.59. The molecule has 0 saturated heterocycles. The van der Waals surface area contributed by atoms with Gasteiger partial charge >= 0.3 is 0 Å². The van der Waals surface area contributed by atoms with Crippen LogP contribution in [0.1, 0.15) is 13.3 Å². The van der Waals surface area contributed by atoms with Crippen molar-refractivity contribution in [3.63, 3.8) is 0 Å². The highest BCUT2D eigenvalue weighted by molar-refractivity contribution is 5.84. The Morgan fingerprint density at radius 2 is 2.40 bits per heavy atom. The second-order valence-corrected chi connectivity index (χ2v) is 4.19. The molecule has 0 bridgehead atoms. The van der Waals surface area contributed by atoms with Gasteiger partial charge in [0.25, 0.3) is 0 Å². The molecule has 2 heteroatoms. The van der Waals surface area contributed by atoms with Crippen LogP contribution in [0.25, 0.3) is 0 Å². The van der Waals surface area contributed by atoms with Crippen LogP contribution in [0.3, 0.4) is 0 Å². The lowest BCUT2D eigenvalue weighted by Crippen LogP contribution is -2.15. The van der Waals surface area contributed by atoms with Crippen LogP contribution in [-0.4, -0.2) is 5.91 Å². The van der Waals surface area contributed by atoms with Crippen LogP contribution in [0.5, 0.6) is 0 Å². The van der Waals surface area contributed by atoms with Crippen LogP contribution in [0.15, 0.2) is 0 Å². The molecule has 0 heterocycles. The number of primary amides is 1. The summed E-state index contributed by atoms with van der Waals surface area (Å²) in [5.41, 5.74) is 5.75. The van der Waals surface area contributed by atoms with Gasteiger partial charge in [0.1, 0.15) is 0 Å². The summed E-state index contributed by atoms with van der Waals surface area (Å²) in [5, 5.41) is 0. The Bertz CT molecular complexity index is 237. The zero-order valence-corrected chi connectivity index (χ0v) is 6.00. The van der Waals surface area contributed by atoms with Gasteiger partial charge in [-0.2, -0.15) is 0 Å². The van der Waals surface area contributed by atoms with Crippen LogP contribution < -0.4 is 5.73 Å². The van der Waals surface area contributed by atoms with Crippen molar-refractivity contribution in [2.75, 3.05) is 0 Å². The molecule has 10 heavy (non-hydrogen) atoms. The molecule has 3 saturated carbocycles. The predicted molar refractivity (Wildman–Crippen MR) is 35.9 cm³/mol. The third kappa shape index (κ3) is 0.263. The molecule has 0 aromatic heterocycles. The lowest BCUT2D eigenvalue weighted by Gasteiger charge is -2.17. The quantitative estimate of drug-likeness (QED) is 0.557. The van der Waals surface area contributed by atoms with Crippen LogP contribution >= 0.6 is 0 Å². The van der Waals surface area contributed by atoms with Gasteiger partial charge in [-0.05, 0) is 29.6 Å². The molecule has 0 aliphatic heterocycles. The lowest BCUT2D eigenvalue weighted by atomic mass is 9.87. The molecular formula is C8H11NO. The van der Waals surface area contributed by atoms with Gasteiger partial charge in [0, 0.05) is 5.92 Å². The maximum atomic E-state index is 10.8. The first-order valence-electron chi connectivity index (χ1n) is 3.99. The van der Waals surface area contributed by atoms with Crippen molar-refractivity contribution in [1.82, 2.24) is 0 Å². The highest BCUT2D eigenvalue weighted by Gasteiger charge is 2.90. The van der Waals surface area contributed by atoms with E-state index in [-0.39, 0.29) is 11.8 Å². The molecule has 2 N–H and O–H groups in total. The molecule has 0 aromatic rings. The first-order chi connectivity index (χ1) is 4.69. The fraction of sp³-hybridized carbons (Fsp3) is 0.875. The number of hydrogen-bond donors (Lipinski definition) is 1. The van der Waals surface area contributed by atoms with E-state index >= 15 is 0 Å². The zero-order valence-electron chi connectivity index (χ0n) is 6.00. The minimum Gasteiger partial charge on any atom is -0.369 e. The van der Waals surface area contributed by atoms with Gasteiger partial charge in [-0.3, -0.25) is 4.79 Å². The standard InChI is InChI=1S/C8H11NO/c1-3-4-2-8(4)5(3)6(8)7(9)10/h3-6H,2H2,1H3,(H2,9,10). The molecule has 5 unspecified atom stereocenters. The maximum Gasteiger partial charge on any atom is 0.221 e. The highest BCUT2D eigenvalue weighted by Crippen LogP contribution is 2.92. The van der Waals surface area contributed by atoms with Crippen molar-refractivity contribution in [3.8, 4) is 0 Å². The average molecular weight is 137 g/mol. The van der Waals surface area contributed by atoms with Crippen LogP contribution in [0, 0.1) is 29.1 Å².